The molecule has 0 bridgehead atoms. The molecule has 1 N–H and O–H groups in total. The smallest absolute Gasteiger partial charge is 0.279 e. The molecule has 21 heavy (non-hydrogen) atoms. The summed E-state index contributed by atoms with van der Waals surface area (Å²) in [5, 5.41) is 7.12. The van der Waals surface area contributed by atoms with E-state index in [4.69, 9.17) is 0 Å². The molecule has 1 fully saturated rings. The number of nitrogens with zero attached hydrogens (tertiary/aromatic N) is 5. The Balaban J connectivity index is 1.60. The third-order valence-corrected chi connectivity index (χ3v) is 3.61. The lowest BCUT2D eigenvalue weighted by atomic mass is 10.4. The van der Waals surface area contributed by atoms with Crippen LogP contribution in [0.1, 0.15) is 23.3 Å². The van der Waals surface area contributed by atoms with E-state index in [1.54, 1.807) is 41.5 Å². The topological polar surface area (TPSA) is 77.1 Å². The lowest BCUT2D eigenvalue weighted by molar-refractivity contribution is 0.102. The second-order valence-corrected chi connectivity index (χ2v) is 5.23. The van der Waals surface area contributed by atoms with Gasteiger partial charge in [-0.15, -0.1) is 0 Å². The lowest BCUT2D eigenvalue weighted by Gasteiger charge is -2.08. The second kappa shape index (κ2) is 4.69. The Morgan fingerprint density at radius 1 is 1.24 bits per heavy atom. The van der Waals surface area contributed by atoms with Crippen LogP contribution in [0.3, 0.4) is 0 Å². The molecule has 7 nitrogen and oxygen atoms in total. The standard InChI is InChI=1S/C14H14N6O/c21-14(12-13-16-6-8-19(13)7-5-15-12)18-11-3-4-17-20(11)9-10-1-2-10/h3-8,10H,1-2,9H2,(H,18,21). The fourth-order valence-electron chi connectivity index (χ4n) is 2.32. The van der Waals surface area contributed by atoms with E-state index in [-0.39, 0.29) is 5.91 Å². The highest BCUT2D eigenvalue weighted by molar-refractivity contribution is 6.06. The van der Waals surface area contributed by atoms with Crippen LogP contribution < -0.4 is 5.32 Å². The van der Waals surface area contributed by atoms with Crippen LogP contribution in [0.15, 0.2) is 37.1 Å². The number of aromatic nitrogens is 5. The van der Waals surface area contributed by atoms with Crippen molar-refractivity contribution in [3.05, 3.63) is 42.7 Å². The number of carbonyl (C=O) groups excluding carboxylic acids is 1. The molecular weight excluding hydrogens is 268 g/mol. The third kappa shape index (κ3) is 2.26. The summed E-state index contributed by atoms with van der Waals surface area (Å²) in [6.07, 6.45) is 10.9. The summed E-state index contributed by atoms with van der Waals surface area (Å²) in [7, 11) is 0. The number of amides is 1. The number of rotatable bonds is 4. The minimum absolute atomic E-state index is 0.274. The maximum Gasteiger partial charge on any atom is 0.279 e. The van der Waals surface area contributed by atoms with Crippen molar-refractivity contribution in [2.45, 2.75) is 19.4 Å². The van der Waals surface area contributed by atoms with Crippen LogP contribution in [0.5, 0.6) is 0 Å². The molecule has 0 aromatic carbocycles. The number of fused-ring (bicyclic) bond motifs is 1. The quantitative estimate of drug-likeness (QED) is 0.788. The molecule has 1 aliphatic carbocycles. The molecule has 0 atom stereocenters. The summed E-state index contributed by atoms with van der Waals surface area (Å²) in [4.78, 5) is 20.7. The second-order valence-electron chi connectivity index (χ2n) is 5.23. The Kier molecular flexibility index (Phi) is 2.70. The van der Waals surface area contributed by atoms with Gasteiger partial charge in [-0.05, 0) is 18.8 Å². The van der Waals surface area contributed by atoms with Gasteiger partial charge in [0.15, 0.2) is 11.3 Å². The van der Waals surface area contributed by atoms with Crippen molar-refractivity contribution < 1.29 is 4.79 Å². The largest absolute Gasteiger partial charge is 0.305 e. The van der Waals surface area contributed by atoms with Gasteiger partial charge in [0.05, 0.1) is 6.20 Å². The first kappa shape index (κ1) is 12.1. The first-order valence-electron chi connectivity index (χ1n) is 6.92. The van der Waals surface area contributed by atoms with Gasteiger partial charge >= 0.3 is 0 Å². The van der Waals surface area contributed by atoms with E-state index in [2.05, 4.69) is 20.4 Å². The highest BCUT2D eigenvalue weighted by Gasteiger charge is 2.23. The zero-order valence-electron chi connectivity index (χ0n) is 11.3. The molecule has 1 aliphatic rings. The number of carbonyl (C=O) groups is 1. The number of anilines is 1. The number of imidazole rings is 1. The van der Waals surface area contributed by atoms with E-state index in [1.807, 2.05) is 4.68 Å². The Hall–Kier alpha value is -2.70. The highest BCUT2D eigenvalue weighted by atomic mass is 16.2. The zero-order chi connectivity index (χ0) is 14.2. The normalized spacial score (nSPS) is 14.5. The van der Waals surface area contributed by atoms with Crippen LogP contribution in [0.4, 0.5) is 5.82 Å². The number of hydrogen-bond acceptors (Lipinski definition) is 4. The summed E-state index contributed by atoms with van der Waals surface area (Å²) in [5.41, 5.74) is 0.852. The molecule has 3 aromatic heterocycles. The van der Waals surface area contributed by atoms with Crippen molar-refractivity contribution >= 4 is 17.4 Å². The van der Waals surface area contributed by atoms with Crippen LogP contribution in [0, 0.1) is 5.92 Å². The van der Waals surface area contributed by atoms with Gasteiger partial charge < -0.3 is 9.72 Å². The number of nitrogens with one attached hydrogen (secondary N) is 1. The van der Waals surface area contributed by atoms with Crippen molar-refractivity contribution in [1.82, 2.24) is 24.1 Å². The van der Waals surface area contributed by atoms with Crippen molar-refractivity contribution in [1.29, 1.82) is 0 Å². The van der Waals surface area contributed by atoms with Crippen LogP contribution >= 0.6 is 0 Å². The van der Waals surface area contributed by atoms with E-state index in [0.29, 0.717) is 23.1 Å². The molecule has 0 spiro atoms. The Labute approximate surface area is 120 Å². The summed E-state index contributed by atoms with van der Waals surface area (Å²) in [6, 6.07) is 1.80. The fraction of sp³-hybridized carbons (Fsp3) is 0.286. The lowest BCUT2D eigenvalue weighted by Crippen LogP contribution is -2.18. The summed E-state index contributed by atoms with van der Waals surface area (Å²) in [6.45, 7) is 0.851. The predicted molar refractivity (Wildman–Crippen MR) is 75.9 cm³/mol. The monoisotopic (exact) mass is 282 g/mol. The van der Waals surface area contributed by atoms with E-state index >= 15 is 0 Å². The van der Waals surface area contributed by atoms with Gasteiger partial charge in [0.25, 0.3) is 5.91 Å². The Morgan fingerprint density at radius 3 is 2.86 bits per heavy atom. The molecule has 7 heteroatoms. The van der Waals surface area contributed by atoms with Gasteiger partial charge in [-0.3, -0.25) is 4.79 Å². The highest BCUT2D eigenvalue weighted by Crippen LogP contribution is 2.31. The molecule has 1 amide bonds. The molecule has 3 heterocycles. The van der Waals surface area contributed by atoms with Crippen LogP contribution in [0.25, 0.3) is 5.65 Å². The van der Waals surface area contributed by atoms with Gasteiger partial charge in [-0.2, -0.15) is 5.10 Å². The first-order chi connectivity index (χ1) is 10.3. The van der Waals surface area contributed by atoms with E-state index in [0.717, 1.165) is 6.54 Å². The summed E-state index contributed by atoms with van der Waals surface area (Å²) < 4.78 is 3.60. The molecule has 0 aliphatic heterocycles. The van der Waals surface area contributed by atoms with Crippen LogP contribution in [-0.4, -0.2) is 30.1 Å². The molecule has 0 unspecified atom stereocenters. The molecule has 0 radical (unpaired) electrons. The number of hydrogen-bond donors (Lipinski definition) is 1. The molecule has 0 saturated heterocycles. The van der Waals surface area contributed by atoms with Crippen molar-refractivity contribution in [2.24, 2.45) is 5.92 Å². The zero-order valence-corrected chi connectivity index (χ0v) is 11.3. The maximum atomic E-state index is 12.4. The van der Waals surface area contributed by atoms with Gasteiger partial charge in [0.1, 0.15) is 5.82 Å². The molecule has 3 aromatic rings. The van der Waals surface area contributed by atoms with Crippen LogP contribution in [-0.2, 0) is 6.54 Å². The van der Waals surface area contributed by atoms with E-state index < -0.39 is 0 Å². The minimum Gasteiger partial charge on any atom is -0.305 e. The molecule has 4 rings (SSSR count). The third-order valence-electron chi connectivity index (χ3n) is 3.61. The minimum atomic E-state index is -0.274. The van der Waals surface area contributed by atoms with Gasteiger partial charge in [0, 0.05) is 37.4 Å². The Morgan fingerprint density at radius 2 is 2.05 bits per heavy atom. The molecule has 106 valence electrons. The molecule has 1 saturated carbocycles. The van der Waals surface area contributed by atoms with Gasteiger partial charge in [-0.1, -0.05) is 0 Å². The fourth-order valence-corrected chi connectivity index (χ4v) is 2.32. The molecular formula is C14H14N6O. The van der Waals surface area contributed by atoms with Gasteiger partial charge in [0.2, 0.25) is 0 Å². The summed E-state index contributed by atoms with van der Waals surface area (Å²) >= 11 is 0. The first-order valence-corrected chi connectivity index (χ1v) is 6.92. The predicted octanol–water partition coefficient (Wildman–Crippen LogP) is 1.59. The van der Waals surface area contributed by atoms with Crippen molar-refractivity contribution in [2.75, 3.05) is 5.32 Å². The Bertz CT molecular complexity index is 801. The van der Waals surface area contributed by atoms with Crippen LogP contribution in [0.2, 0.25) is 0 Å². The SMILES string of the molecule is O=C(Nc1ccnn1CC1CC1)c1nccn2ccnc12. The van der Waals surface area contributed by atoms with Crippen molar-refractivity contribution in [3.8, 4) is 0 Å². The van der Waals surface area contributed by atoms with Gasteiger partial charge in [-0.25, -0.2) is 14.6 Å². The summed E-state index contributed by atoms with van der Waals surface area (Å²) in [5.74, 6) is 1.11. The average Bonchev–Trinajstić information content (AvgIpc) is 2.98. The average molecular weight is 282 g/mol. The van der Waals surface area contributed by atoms with E-state index in [1.165, 1.54) is 12.8 Å². The maximum absolute atomic E-state index is 12.4. The van der Waals surface area contributed by atoms with E-state index in [9.17, 15) is 4.79 Å². The van der Waals surface area contributed by atoms with Crippen molar-refractivity contribution in [3.63, 3.8) is 0 Å².